The third-order valence-corrected chi connectivity index (χ3v) is 3.09. The van der Waals surface area contributed by atoms with Gasteiger partial charge in [0, 0.05) is 31.0 Å². The number of likely N-dealkylation sites (N-methyl/N-ethyl adjacent to an activating group) is 1. The van der Waals surface area contributed by atoms with Gasteiger partial charge >= 0.3 is 0 Å². The average Bonchev–Trinajstić information content (AvgIpc) is 2.37. The maximum atomic E-state index is 5.62. The molecule has 0 saturated heterocycles. The molecule has 1 heterocycles. The molecule has 1 aromatic heterocycles. The standard InChI is InChI=1S/C14H24N2O/c1-5-12-7-8-13(16-10-12)9-14(15-4)11(3)17-6-2/h7-8,10-11,14-15H,5-6,9H2,1-4H3. The zero-order valence-corrected chi connectivity index (χ0v) is 11.4. The Hall–Kier alpha value is -0.930. The van der Waals surface area contributed by atoms with Crippen molar-refractivity contribution in [2.75, 3.05) is 13.7 Å². The zero-order valence-electron chi connectivity index (χ0n) is 11.4. The molecular weight excluding hydrogens is 212 g/mol. The van der Waals surface area contributed by atoms with E-state index in [9.17, 15) is 0 Å². The van der Waals surface area contributed by atoms with E-state index in [4.69, 9.17) is 4.74 Å². The highest BCUT2D eigenvalue weighted by Crippen LogP contribution is 2.08. The van der Waals surface area contributed by atoms with Crippen LogP contribution in [0.2, 0.25) is 0 Å². The molecule has 0 amide bonds. The molecule has 0 radical (unpaired) electrons. The first-order chi connectivity index (χ1) is 8.21. The van der Waals surface area contributed by atoms with E-state index in [-0.39, 0.29) is 6.10 Å². The second kappa shape index (κ2) is 7.41. The van der Waals surface area contributed by atoms with Crippen LogP contribution >= 0.6 is 0 Å². The Bertz CT molecular complexity index is 311. The summed E-state index contributed by atoms with van der Waals surface area (Å²) < 4.78 is 5.62. The first kappa shape index (κ1) is 14.1. The van der Waals surface area contributed by atoms with E-state index in [1.807, 2.05) is 20.2 Å². The highest BCUT2D eigenvalue weighted by atomic mass is 16.5. The van der Waals surface area contributed by atoms with E-state index in [1.165, 1.54) is 5.56 Å². The largest absolute Gasteiger partial charge is 0.377 e. The summed E-state index contributed by atoms with van der Waals surface area (Å²) in [6.07, 6.45) is 4.12. The van der Waals surface area contributed by atoms with Gasteiger partial charge in [-0.2, -0.15) is 0 Å². The lowest BCUT2D eigenvalue weighted by atomic mass is 10.1. The number of aromatic nitrogens is 1. The normalized spacial score (nSPS) is 14.6. The van der Waals surface area contributed by atoms with Crippen molar-refractivity contribution in [2.45, 2.75) is 45.8 Å². The van der Waals surface area contributed by atoms with Crippen molar-refractivity contribution in [2.24, 2.45) is 0 Å². The van der Waals surface area contributed by atoms with Gasteiger partial charge in [-0.25, -0.2) is 0 Å². The number of rotatable bonds is 7. The summed E-state index contributed by atoms with van der Waals surface area (Å²) in [5.74, 6) is 0. The van der Waals surface area contributed by atoms with Gasteiger partial charge in [0.05, 0.1) is 6.10 Å². The lowest BCUT2D eigenvalue weighted by molar-refractivity contribution is 0.0494. The Morgan fingerprint density at radius 1 is 1.35 bits per heavy atom. The third kappa shape index (κ3) is 4.44. The summed E-state index contributed by atoms with van der Waals surface area (Å²) in [5.41, 5.74) is 2.40. The van der Waals surface area contributed by atoms with Crippen LogP contribution in [0, 0.1) is 0 Å². The van der Waals surface area contributed by atoms with Gasteiger partial charge in [-0.3, -0.25) is 4.98 Å². The van der Waals surface area contributed by atoms with Crippen molar-refractivity contribution in [3.8, 4) is 0 Å². The molecule has 17 heavy (non-hydrogen) atoms. The topological polar surface area (TPSA) is 34.1 Å². The Balaban J connectivity index is 2.60. The monoisotopic (exact) mass is 236 g/mol. The van der Waals surface area contributed by atoms with Crippen molar-refractivity contribution < 1.29 is 4.74 Å². The van der Waals surface area contributed by atoms with Gasteiger partial charge in [0.2, 0.25) is 0 Å². The van der Waals surface area contributed by atoms with Crippen LogP contribution in [0.5, 0.6) is 0 Å². The van der Waals surface area contributed by atoms with Gasteiger partial charge in [0.15, 0.2) is 0 Å². The summed E-state index contributed by atoms with van der Waals surface area (Å²) in [4.78, 5) is 4.48. The fourth-order valence-corrected chi connectivity index (χ4v) is 1.89. The van der Waals surface area contributed by atoms with Crippen LogP contribution in [0.25, 0.3) is 0 Å². The second-order valence-electron chi connectivity index (χ2n) is 4.27. The molecule has 2 unspecified atom stereocenters. The number of nitrogens with one attached hydrogen (secondary N) is 1. The highest BCUT2D eigenvalue weighted by molar-refractivity contribution is 5.14. The highest BCUT2D eigenvalue weighted by Gasteiger charge is 2.16. The Morgan fingerprint density at radius 2 is 2.12 bits per heavy atom. The molecule has 0 aliphatic carbocycles. The van der Waals surface area contributed by atoms with Crippen LogP contribution in [0.1, 0.15) is 32.0 Å². The summed E-state index contributed by atoms with van der Waals surface area (Å²) in [7, 11) is 1.97. The molecule has 3 heteroatoms. The lowest BCUT2D eigenvalue weighted by Gasteiger charge is -2.23. The SMILES string of the molecule is CCOC(C)C(Cc1ccc(CC)cn1)NC. The quantitative estimate of drug-likeness (QED) is 0.788. The molecule has 0 aliphatic heterocycles. The molecule has 1 N–H and O–H groups in total. The van der Waals surface area contributed by atoms with E-state index < -0.39 is 0 Å². The molecule has 0 aliphatic rings. The molecule has 0 spiro atoms. The van der Waals surface area contributed by atoms with Crippen LogP contribution in [-0.2, 0) is 17.6 Å². The van der Waals surface area contributed by atoms with Gasteiger partial charge in [0.25, 0.3) is 0 Å². The molecule has 0 bridgehead atoms. The molecule has 0 fully saturated rings. The number of pyridine rings is 1. The lowest BCUT2D eigenvalue weighted by Crippen LogP contribution is -2.39. The molecule has 0 aromatic carbocycles. The minimum atomic E-state index is 0.206. The molecule has 96 valence electrons. The van der Waals surface area contributed by atoms with Crippen LogP contribution in [0.4, 0.5) is 0 Å². The van der Waals surface area contributed by atoms with Crippen molar-refractivity contribution in [1.82, 2.24) is 10.3 Å². The van der Waals surface area contributed by atoms with E-state index in [0.29, 0.717) is 6.04 Å². The zero-order chi connectivity index (χ0) is 12.7. The van der Waals surface area contributed by atoms with E-state index in [1.54, 1.807) is 0 Å². The van der Waals surface area contributed by atoms with Crippen molar-refractivity contribution in [1.29, 1.82) is 0 Å². The average molecular weight is 236 g/mol. The number of nitrogens with zero attached hydrogens (tertiary/aromatic N) is 1. The van der Waals surface area contributed by atoms with Crippen molar-refractivity contribution in [3.05, 3.63) is 29.6 Å². The van der Waals surface area contributed by atoms with E-state index >= 15 is 0 Å². The predicted molar refractivity (Wildman–Crippen MR) is 71.3 cm³/mol. The van der Waals surface area contributed by atoms with Gasteiger partial charge in [-0.15, -0.1) is 0 Å². The van der Waals surface area contributed by atoms with Crippen LogP contribution in [-0.4, -0.2) is 30.8 Å². The van der Waals surface area contributed by atoms with Crippen LogP contribution < -0.4 is 5.32 Å². The fourth-order valence-electron chi connectivity index (χ4n) is 1.89. The van der Waals surface area contributed by atoms with Crippen LogP contribution in [0.15, 0.2) is 18.3 Å². The third-order valence-electron chi connectivity index (χ3n) is 3.09. The van der Waals surface area contributed by atoms with Gasteiger partial charge < -0.3 is 10.1 Å². The van der Waals surface area contributed by atoms with Gasteiger partial charge in [-0.1, -0.05) is 13.0 Å². The molecular formula is C14H24N2O. The summed E-state index contributed by atoms with van der Waals surface area (Å²) in [6, 6.07) is 4.58. The summed E-state index contributed by atoms with van der Waals surface area (Å²) in [5, 5.41) is 3.30. The fraction of sp³-hybridized carbons (Fsp3) is 0.643. The molecule has 0 saturated carbocycles. The number of ether oxygens (including phenoxy) is 1. The Morgan fingerprint density at radius 3 is 2.59 bits per heavy atom. The second-order valence-corrected chi connectivity index (χ2v) is 4.27. The van der Waals surface area contributed by atoms with E-state index in [0.717, 1.165) is 25.1 Å². The summed E-state index contributed by atoms with van der Waals surface area (Å²) in [6.45, 7) is 7.02. The Labute approximate surface area is 105 Å². The maximum Gasteiger partial charge on any atom is 0.0703 e. The molecule has 1 rings (SSSR count). The predicted octanol–water partition coefficient (Wildman–Crippen LogP) is 2.20. The molecule has 2 atom stereocenters. The Kier molecular flexibility index (Phi) is 6.16. The maximum absolute atomic E-state index is 5.62. The minimum Gasteiger partial charge on any atom is -0.377 e. The van der Waals surface area contributed by atoms with Gasteiger partial charge in [0.1, 0.15) is 0 Å². The first-order valence-corrected chi connectivity index (χ1v) is 6.43. The van der Waals surface area contributed by atoms with Gasteiger partial charge in [-0.05, 0) is 38.9 Å². The number of hydrogen-bond acceptors (Lipinski definition) is 3. The first-order valence-electron chi connectivity index (χ1n) is 6.43. The van der Waals surface area contributed by atoms with Crippen molar-refractivity contribution in [3.63, 3.8) is 0 Å². The van der Waals surface area contributed by atoms with Crippen molar-refractivity contribution >= 4 is 0 Å². The number of hydrogen-bond donors (Lipinski definition) is 1. The minimum absolute atomic E-state index is 0.206. The molecule has 1 aromatic rings. The summed E-state index contributed by atoms with van der Waals surface area (Å²) >= 11 is 0. The van der Waals surface area contributed by atoms with Crippen LogP contribution in [0.3, 0.4) is 0 Å². The number of aryl methyl sites for hydroxylation is 1. The van der Waals surface area contributed by atoms with E-state index in [2.05, 4.69) is 36.3 Å². The molecule has 3 nitrogen and oxygen atoms in total. The smallest absolute Gasteiger partial charge is 0.0703 e.